The van der Waals surface area contributed by atoms with Crippen molar-refractivity contribution in [1.82, 2.24) is 9.55 Å². The minimum Gasteiger partial charge on any atom is -0.456 e. The third kappa shape index (κ3) is 6.07. The molecule has 0 atom stereocenters. The third-order valence-electron chi connectivity index (χ3n) is 13.0. The van der Waals surface area contributed by atoms with Crippen LogP contribution >= 0.6 is 0 Å². The molecule has 0 spiro atoms. The molecular weight excluding hydrogens is 809 g/mol. The molecule has 0 aliphatic heterocycles. The first kappa shape index (κ1) is 37.7. The molecule has 66 heavy (non-hydrogen) atoms. The maximum Gasteiger partial charge on any atom is 0.160 e. The third-order valence-corrected chi connectivity index (χ3v) is 13.0. The van der Waals surface area contributed by atoms with Gasteiger partial charge in [-0.2, -0.15) is 0 Å². The number of aliphatic imine (C=N–C) groups is 2. The van der Waals surface area contributed by atoms with Crippen LogP contribution in [0.15, 0.2) is 226 Å². The Labute approximate surface area is 378 Å². The van der Waals surface area contributed by atoms with E-state index in [1.165, 1.54) is 32.3 Å². The van der Waals surface area contributed by atoms with E-state index < -0.39 is 0 Å². The Bertz CT molecular complexity index is 4170. The molecule has 0 amide bonds. The fourth-order valence-corrected chi connectivity index (χ4v) is 9.71. The smallest absolute Gasteiger partial charge is 0.160 e. The van der Waals surface area contributed by atoms with Gasteiger partial charge in [-0.3, -0.25) is 4.57 Å². The zero-order chi connectivity index (χ0) is 43.9. The quantitative estimate of drug-likeness (QED) is 0.0951. The molecule has 310 valence electrons. The highest BCUT2D eigenvalue weighted by molar-refractivity contribution is 6.26. The van der Waals surface area contributed by atoms with Gasteiger partial charge in [0.25, 0.3) is 0 Å². The van der Waals surface area contributed by atoms with Crippen LogP contribution in [0.5, 0.6) is 0 Å². The van der Waals surface area contributed by atoms with Crippen molar-refractivity contribution in [1.29, 1.82) is 0 Å². The van der Waals surface area contributed by atoms with E-state index in [-0.39, 0.29) is 0 Å². The maximum atomic E-state index is 6.34. The molecular formula is C60H38N4O2. The van der Waals surface area contributed by atoms with E-state index in [0.717, 1.165) is 94.4 Å². The number of aromatic nitrogens is 2. The van der Waals surface area contributed by atoms with Crippen molar-refractivity contribution in [3.8, 4) is 17.1 Å². The number of fused-ring (bicyclic) bond motifs is 13. The van der Waals surface area contributed by atoms with Crippen LogP contribution in [0.2, 0.25) is 0 Å². The number of benzene rings is 10. The summed E-state index contributed by atoms with van der Waals surface area (Å²) >= 11 is 0. The molecule has 0 N–H and O–H groups in total. The van der Waals surface area contributed by atoms with Crippen molar-refractivity contribution in [2.75, 3.05) is 0 Å². The number of para-hydroxylation sites is 4. The fourth-order valence-electron chi connectivity index (χ4n) is 9.71. The average molecular weight is 847 g/mol. The van der Waals surface area contributed by atoms with Gasteiger partial charge >= 0.3 is 0 Å². The second-order valence-corrected chi connectivity index (χ2v) is 16.9. The summed E-state index contributed by atoms with van der Waals surface area (Å²) in [7, 11) is 0. The Balaban J connectivity index is 0.936. The predicted molar refractivity (Wildman–Crippen MR) is 274 cm³/mol. The summed E-state index contributed by atoms with van der Waals surface area (Å²) in [5.74, 6) is 1.36. The normalized spacial score (nSPS) is 12.6. The standard InChI is InChI=1S/C60H38N4O2/c1-36(40-27-30-47-45-15-4-3-13-43(45)44-14-5-6-16-46(44)52(47)33-40)61-59(62-37(2)41-28-31-50-48-17-7-11-21-55(48)65-57(50)34-41)38-23-25-39(26-24-38)60-63-53-19-9-10-20-54(53)64(60)42-29-32-51-49-18-8-12-22-56(49)66-58(51)35-42/h3-35H,2H2,1H3. The van der Waals surface area contributed by atoms with Crippen LogP contribution < -0.4 is 0 Å². The van der Waals surface area contributed by atoms with Gasteiger partial charge in [-0.15, -0.1) is 0 Å². The number of hydrogen-bond donors (Lipinski definition) is 0. The van der Waals surface area contributed by atoms with Crippen molar-refractivity contribution < 1.29 is 8.83 Å². The first-order chi connectivity index (χ1) is 32.5. The van der Waals surface area contributed by atoms with Crippen LogP contribution in [-0.2, 0) is 0 Å². The molecule has 0 saturated heterocycles. The van der Waals surface area contributed by atoms with Gasteiger partial charge in [-0.1, -0.05) is 146 Å². The summed E-state index contributed by atoms with van der Waals surface area (Å²) in [6.07, 6.45) is 0. The number of nitrogens with zero attached hydrogens (tertiary/aromatic N) is 4. The molecule has 0 aliphatic rings. The Morgan fingerprint density at radius 1 is 0.439 bits per heavy atom. The summed E-state index contributed by atoms with van der Waals surface area (Å²) in [6, 6.07) is 69.3. The monoisotopic (exact) mass is 846 g/mol. The number of furan rings is 2. The van der Waals surface area contributed by atoms with E-state index in [4.69, 9.17) is 23.8 Å². The van der Waals surface area contributed by atoms with E-state index in [1.54, 1.807) is 0 Å². The van der Waals surface area contributed by atoms with Gasteiger partial charge in [-0.25, -0.2) is 15.0 Å². The van der Waals surface area contributed by atoms with Crippen molar-refractivity contribution in [3.63, 3.8) is 0 Å². The lowest BCUT2D eigenvalue weighted by Crippen LogP contribution is -2.05. The highest BCUT2D eigenvalue weighted by atomic mass is 16.3. The van der Waals surface area contributed by atoms with E-state index in [9.17, 15) is 0 Å². The van der Waals surface area contributed by atoms with E-state index in [2.05, 4.69) is 170 Å². The lowest BCUT2D eigenvalue weighted by Gasteiger charge is -2.13. The van der Waals surface area contributed by atoms with Gasteiger partial charge in [0.05, 0.1) is 22.4 Å². The second-order valence-electron chi connectivity index (χ2n) is 16.9. The molecule has 0 bridgehead atoms. The minimum atomic E-state index is 0.543. The van der Waals surface area contributed by atoms with Gasteiger partial charge in [0.15, 0.2) is 5.84 Å². The molecule has 0 saturated carbocycles. The first-order valence-corrected chi connectivity index (χ1v) is 22.1. The maximum absolute atomic E-state index is 6.34. The Morgan fingerprint density at radius 2 is 0.939 bits per heavy atom. The molecule has 6 heteroatoms. The van der Waals surface area contributed by atoms with Crippen molar-refractivity contribution >= 4 is 104 Å². The Kier molecular flexibility index (Phi) is 8.48. The summed E-state index contributed by atoms with van der Waals surface area (Å²) in [5.41, 5.74) is 11.3. The van der Waals surface area contributed by atoms with Crippen LogP contribution in [0.4, 0.5) is 0 Å². The van der Waals surface area contributed by atoms with Gasteiger partial charge in [0.1, 0.15) is 28.2 Å². The van der Waals surface area contributed by atoms with Crippen LogP contribution in [0.1, 0.15) is 23.6 Å². The second kappa shape index (κ2) is 14.9. The number of hydrogen-bond acceptors (Lipinski definition) is 4. The summed E-state index contributed by atoms with van der Waals surface area (Å²) in [4.78, 5) is 15.7. The molecule has 0 radical (unpaired) electrons. The molecule has 3 heterocycles. The zero-order valence-electron chi connectivity index (χ0n) is 35.9. The first-order valence-electron chi connectivity index (χ1n) is 22.1. The fraction of sp³-hybridized carbons (Fsp3) is 0.0167. The molecule has 10 aromatic carbocycles. The SMILES string of the molecule is C=C(N=C(N=C(C)c1ccc2c3ccccc3c3ccccc3c2c1)c1ccc(-c2nc3ccccc3n2-c2ccc3c(c2)oc2ccccc23)cc1)c1ccc2c(c1)oc1ccccc12. The van der Waals surface area contributed by atoms with Crippen molar-refractivity contribution in [2.24, 2.45) is 9.98 Å². The average Bonchev–Trinajstić information content (AvgIpc) is 4.07. The lowest BCUT2D eigenvalue weighted by atomic mass is 9.93. The molecule has 6 nitrogen and oxygen atoms in total. The number of amidine groups is 1. The molecule has 0 aliphatic carbocycles. The highest BCUT2D eigenvalue weighted by Crippen LogP contribution is 2.37. The van der Waals surface area contributed by atoms with E-state index in [0.29, 0.717) is 11.5 Å². The van der Waals surface area contributed by atoms with Crippen molar-refractivity contribution in [2.45, 2.75) is 6.92 Å². The zero-order valence-corrected chi connectivity index (χ0v) is 35.9. The van der Waals surface area contributed by atoms with Gasteiger partial charge < -0.3 is 8.83 Å². The molecule has 13 aromatic rings. The van der Waals surface area contributed by atoms with Crippen LogP contribution in [0.25, 0.3) is 110 Å². The molecule has 3 aromatic heterocycles. The molecule has 0 unspecified atom stereocenters. The molecule has 0 fully saturated rings. The van der Waals surface area contributed by atoms with Crippen LogP contribution in [0.3, 0.4) is 0 Å². The Morgan fingerprint density at radius 3 is 1.62 bits per heavy atom. The lowest BCUT2D eigenvalue weighted by molar-refractivity contribution is 0.668. The Hall–Kier alpha value is -8.87. The van der Waals surface area contributed by atoms with Gasteiger partial charge in [0.2, 0.25) is 0 Å². The van der Waals surface area contributed by atoms with Gasteiger partial charge in [0, 0.05) is 50.0 Å². The number of imidazole rings is 1. The van der Waals surface area contributed by atoms with Crippen LogP contribution in [0, 0.1) is 0 Å². The predicted octanol–water partition coefficient (Wildman–Crippen LogP) is 15.9. The van der Waals surface area contributed by atoms with E-state index >= 15 is 0 Å². The van der Waals surface area contributed by atoms with Crippen molar-refractivity contribution in [3.05, 3.63) is 223 Å². The largest absolute Gasteiger partial charge is 0.456 e. The summed E-state index contributed by atoms with van der Waals surface area (Å²) in [6.45, 7) is 6.54. The summed E-state index contributed by atoms with van der Waals surface area (Å²) < 4.78 is 14.8. The number of rotatable bonds is 6. The highest BCUT2D eigenvalue weighted by Gasteiger charge is 2.18. The minimum absolute atomic E-state index is 0.543. The van der Waals surface area contributed by atoms with E-state index in [1.807, 2.05) is 48.5 Å². The van der Waals surface area contributed by atoms with Crippen LogP contribution in [-0.4, -0.2) is 21.1 Å². The topological polar surface area (TPSA) is 68.8 Å². The van der Waals surface area contributed by atoms with Gasteiger partial charge in [-0.05, 0) is 99.4 Å². The molecule has 13 rings (SSSR count). The summed E-state index contributed by atoms with van der Waals surface area (Å²) in [5, 5.41) is 11.6.